The summed E-state index contributed by atoms with van der Waals surface area (Å²) in [6.07, 6.45) is 4.58. The Hall–Kier alpha value is -1.26. The van der Waals surface area contributed by atoms with Crippen LogP contribution in [0.2, 0.25) is 0 Å². The van der Waals surface area contributed by atoms with Gasteiger partial charge in [0.1, 0.15) is 5.60 Å². The number of nitrogens with zero attached hydrogens (tertiary/aromatic N) is 1. The van der Waals surface area contributed by atoms with Gasteiger partial charge >= 0.3 is 12.1 Å². The highest BCUT2D eigenvalue weighted by Gasteiger charge is 2.44. The quantitative estimate of drug-likeness (QED) is 0.698. The first-order valence-electron chi connectivity index (χ1n) is 7.80. The zero-order valence-corrected chi connectivity index (χ0v) is 13.6. The van der Waals surface area contributed by atoms with Crippen molar-refractivity contribution in [2.75, 3.05) is 20.2 Å². The van der Waals surface area contributed by atoms with Crippen molar-refractivity contribution in [3.8, 4) is 0 Å². The van der Waals surface area contributed by atoms with Crippen molar-refractivity contribution in [1.29, 1.82) is 0 Å². The lowest BCUT2D eigenvalue weighted by Crippen LogP contribution is -2.44. The first-order valence-corrected chi connectivity index (χ1v) is 7.80. The summed E-state index contributed by atoms with van der Waals surface area (Å²) in [7, 11) is 1.46. The minimum Gasteiger partial charge on any atom is -0.469 e. The van der Waals surface area contributed by atoms with Crippen molar-refractivity contribution in [2.24, 2.45) is 11.3 Å². The van der Waals surface area contributed by atoms with E-state index in [4.69, 9.17) is 9.47 Å². The van der Waals surface area contributed by atoms with Gasteiger partial charge in [0.2, 0.25) is 0 Å². The summed E-state index contributed by atoms with van der Waals surface area (Å²) >= 11 is 0. The lowest BCUT2D eigenvalue weighted by molar-refractivity contribution is -0.145. The molecule has 0 aromatic heterocycles. The van der Waals surface area contributed by atoms with E-state index in [2.05, 4.69) is 0 Å². The molecule has 1 saturated heterocycles. The van der Waals surface area contributed by atoms with E-state index in [1.807, 2.05) is 20.8 Å². The molecule has 2 fully saturated rings. The van der Waals surface area contributed by atoms with Crippen LogP contribution in [0, 0.1) is 11.3 Å². The lowest BCUT2D eigenvalue weighted by atomic mass is 9.76. The van der Waals surface area contributed by atoms with Gasteiger partial charge in [-0.2, -0.15) is 0 Å². The summed E-state index contributed by atoms with van der Waals surface area (Å²) in [5, 5.41) is 0. The minimum atomic E-state index is -0.449. The highest BCUT2D eigenvalue weighted by molar-refractivity contribution is 5.72. The average molecular weight is 297 g/mol. The zero-order chi connectivity index (χ0) is 15.7. The van der Waals surface area contributed by atoms with Gasteiger partial charge in [-0.1, -0.05) is 0 Å². The monoisotopic (exact) mass is 297 g/mol. The molecule has 1 aliphatic carbocycles. The van der Waals surface area contributed by atoms with Crippen LogP contribution in [0.3, 0.4) is 0 Å². The van der Waals surface area contributed by atoms with E-state index >= 15 is 0 Å². The number of carbonyl (C=O) groups excluding carboxylic acids is 2. The number of hydrogen-bond acceptors (Lipinski definition) is 4. The second-order valence-corrected chi connectivity index (χ2v) is 7.43. The van der Waals surface area contributed by atoms with Gasteiger partial charge in [0.15, 0.2) is 0 Å². The maximum Gasteiger partial charge on any atom is 0.410 e. The van der Waals surface area contributed by atoms with Gasteiger partial charge in [-0.3, -0.25) is 4.79 Å². The topological polar surface area (TPSA) is 55.8 Å². The van der Waals surface area contributed by atoms with Crippen LogP contribution in [-0.2, 0) is 14.3 Å². The van der Waals surface area contributed by atoms with Gasteiger partial charge in [0.05, 0.1) is 13.0 Å². The summed E-state index contributed by atoms with van der Waals surface area (Å²) in [6, 6.07) is 0. The smallest absolute Gasteiger partial charge is 0.410 e. The number of hydrogen-bond donors (Lipinski definition) is 0. The van der Waals surface area contributed by atoms with Crippen molar-refractivity contribution in [2.45, 2.75) is 58.5 Å². The van der Waals surface area contributed by atoms with E-state index in [9.17, 15) is 9.59 Å². The van der Waals surface area contributed by atoms with E-state index in [1.54, 1.807) is 4.90 Å². The van der Waals surface area contributed by atoms with Crippen LogP contribution >= 0.6 is 0 Å². The van der Waals surface area contributed by atoms with Gasteiger partial charge in [-0.15, -0.1) is 0 Å². The highest BCUT2D eigenvalue weighted by Crippen LogP contribution is 2.49. The fraction of sp³-hybridized carbons (Fsp3) is 0.875. The maximum absolute atomic E-state index is 12.1. The molecule has 1 aliphatic heterocycles. The number of esters is 1. The molecule has 0 bridgehead atoms. The van der Waals surface area contributed by atoms with Crippen LogP contribution in [0.4, 0.5) is 4.79 Å². The second kappa shape index (κ2) is 5.85. The van der Waals surface area contributed by atoms with Crippen LogP contribution in [0.1, 0.15) is 52.9 Å². The highest BCUT2D eigenvalue weighted by atomic mass is 16.6. The zero-order valence-electron chi connectivity index (χ0n) is 13.6. The SMILES string of the molecule is COC(=O)C1CCC2(CCN(C(=O)OC(C)(C)C)CC2)C1. The number of amides is 1. The fourth-order valence-corrected chi connectivity index (χ4v) is 3.52. The third-order valence-corrected chi connectivity index (χ3v) is 4.71. The molecule has 0 aromatic carbocycles. The van der Waals surface area contributed by atoms with Crippen LogP contribution < -0.4 is 0 Å². The molecule has 1 amide bonds. The summed E-state index contributed by atoms with van der Waals surface area (Å²) in [6.45, 7) is 7.10. The third-order valence-electron chi connectivity index (χ3n) is 4.71. The van der Waals surface area contributed by atoms with E-state index in [0.29, 0.717) is 0 Å². The standard InChI is InChI=1S/C16H27NO4/c1-15(2,3)21-14(19)17-9-7-16(8-10-17)6-5-12(11-16)13(18)20-4/h12H,5-11H2,1-4H3. The molecule has 1 saturated carbocycles. The predicted molar refractivity (Wildman–Crippen MR) is 78.8 cm³/mol. The number of carbonyl (C=O) groups is 2. The van der Waals surface area contributed by atoms with Crippen molar-refractivity contribution in [3.05, 3.63) is 0 Å². The first-order chi connectivity index (χ1) is 9.75. The molecule has 1 heterocycles. The Morgan fingerprint density at radius 2 is 1.76 bits per heavy atom. The molecular weight excluding hydrogens is 270 g/mol. The summed E-state index contributed by atoms with van der Waals surface area (Å²) in [5.74, 6) is -0.0375. The molecule has 1 unspecified atom stereocenters. The Morgan fingerprint density at radius 3 is 2.29 bits per heavy atom. The van der Waals surface area contributed by atoms with Gasteiger partial charge in [-0.05, 0) is 58.3 Å². The van der Waals surface area contributed by atoms with E-state index in [0.717, 1.165) is 45.2 Å². The molecule has 5 nitrogen and oxygen atoms in total. The number of likely N-dealkylation sites (tertiary alicyclic amines) is 1. The molecule has 0 aromatic rings. The Bertz CT molecular complexity index is 405. The molecule has 21 heavy (non-hydrogen) atoms. The number of piperidine rings is 1. The molecule has 2 rings (SSSR count). The van der Waals surface area contributed by atoms with Gasteiger partial charge in [-0.25, -0.2) is 4.79 Å². The number of methoxy groups -OCH3 is 1. The van der Waals surface area contributed by atoms with Crippen molar-refractivity contribution in [1.82, 2.24) is 4.90 Å². The molecule has 1 spiro atoms. The van der Waals surface area contributed by atoms with Crippen molar-refractivity contribution in [3.63, 3.8) is 0 Å². The average Bonchev–Trinajstić information content (AvgIpc) is 2.81. The van der Waals surface area contributed by atoms with Crippen LogP contribution in [0.25, 0.3) is 0 Å². The van der Waals surface area contributed by atoms with Crippen molar-refractivity contribution < 1.29 is 19.1 Å². The largest absolute Gasteiger partial charge is 0.469 e. The van der Waals surface area contributed by atoms with Gasteiger partial charge in [0, 0.05) is 13.1 Å². The van der Waals surface area contributed by atoms with E-state index in [-0.39, 0.29) is 23.4 Å². The normalized spacial score (nSPS) is 25.0. The summed E-state index contributed by atoms with van der Waals surface area (Å²) in [4.78, 5) is 25.5. The third kappa shape index (κ3) is 3.89. The summed E-state index contributed by atoms with van der Waals surface area (Å²) < 4.78 is 10.3. The van der Waals surface area contributed by atoms with E-state index in [1.165, 1.54) is 7.11 Å². The molecule has 5 heteroatoms. The lowest BCUT2D eigenvalue weighted by Gasteiger charge is -2.39. The van der Waals surface area contributed by atoms with Crippen LogP contribution in [0.5, 0.6) is 0 Å². The second-order valence-electron chi connectivity index (χ2n) is 7.43. The Kier molecular flexibility index (Phi) is 4.49. The number of ether oxygens (including phenoxy) is 2. The molecule has 120 valence electrons. The summed E-state index contributed by atoms with van der Waals surface area (Å²) in [5.41, 5.74) is -0.229. The van der Waals surface area contributed by atoms with Crippen molar-refractivity contribution >= 4 is 12.1 Å². The molecule has 0 radical (unpaired) electrons. The Labute approximate surface area is 127 Å². The number of rotatable bonds is 1. The molecule has 2 aliphatic rings. The van der Waals surface area contributed by atoms with Gasteiger partial charge in [0.25, 0.3) is 0 Å². The van der Waals surface area contributed by atoms with E-state index < -0.39 is 5.60 Å². The Balaban J connectivity index is 1.86. The fourth-order valence-electron chi connectivity index (χ4n) is 3.52. The molecule has 0 N–H and O–H groups in total. The van der Waals surface area contributed by atoms with Crippen LogP contribution in [0.15, 0.2) is 0 Å². The first kappa shape index (κ1) is 16.1. The molecular formula is C16H27NO4. The van der Waals surface area contributed by atoms with Gasteiger partial charge < -0.3 is 14.4 Å². The van der Waals surface area contributed by atoms with Crippen LogP contribution in [-0.4, -0.2) is 42.8 Å². The minimum absolute atomic E-state index is 0.0445. The Morgan fingerprint density at radius 1 is 1.14 bits per heavy atom. The predicted octanol–water partition coefficient (Wildman–Crippen LogP) is 2.98. The maximum atomic E-state index is 12.1. The molecule has 1 atom stereocenters.